The number of aromatic nitrogens is 4. The lowest BCUT2D eigenvalue weighted by molar-refractivity contribution is 0.266. The van der Waals surface area contributed by atoms with Gasteiger partial charge in [0.1, 0.15) is 5.02 Å². The lowest BCUT2D eigenvalue weighted by Gasteiger charge is -2.09. The highest BCUT2D eigenvalue weighted by molar-refractivity contribution is 6.32. The third-order valence-electron chi connectivity index (χ3n) is 2.88. The van der Waals surface area contributed by atoms with E-state index in [1.54, 1.807) is 4.68 Å². The van der Waals surface area contributed by atoms with Gasteiger partial charge in [-0.05, 0) is 6.92 Å². The van der Waals surface area contributed by atoms with Crippen LogP contribution in [0.4, 0.5) is 5.69 Å². The van der Waals surface area contributed by atoms with Gasteiger partial charge in [-0.25, -0.2) is 4.68 Å². The molecule has 8 heteroatoms. The van der Waals surface area contributed by atoms with Gasteiger partial charge in [-0.2, -0.15) is 10.2 Å². The number of nitrogens with zero attached hydrogens (tertiary/aromatic N) is 4. The standard InChI is InChI=1S/C12H16ClN5O2/c1-8-9(7-17(2)16-8)5-14-10-6-15-18(3-4-19)12(20)11(10)13/h6-7,14,19H,3-5H2,1-2H3. The molecule has 0 aromatic carbocycles. The molecule has 108 valence electrons. The molecule has 0 atom stereocenters. The maximum atomic E-state index is 11.9. The number of hydrogen-bond donors (Lipinski definition) is 2. The van der Waals surface area contributed by atoms with Gasteiger partial charge in [-0.3, -0.25) is 9.48 Å². The number of aryl methyl sites for hydroxylation is 2. The summed E-state index contributed by atoms with van der Waals surface area (Å²) in [7, 11) is 1.85. The molecular formula is C12H16ClN5O2. The summed E-state index contributed by atoms with van der Waals surface area (Å²) in [5, 5.41) is 20.1. The second kappa shape index (κ2) is 6.06. The fraction of sp³-hybridized carbons (Fsp3) is 0.417. The summed E-state index contributed by atoms with van der Waals surface area (Å²) in [5.41, 5.74) is 1.98. The minimum Gasteiger partial charge on any atom is -0.394 e. The largest absolute Gasteiger partial charge is 0.394 e. The molecule has 2 N–H and O–H groups in total. The van der Waals surface area contributed by atoms with Crippen LogP contribution in [0.25, 0.3) is 0 Å². The average Bonchev–Trinajstić information content (AvgIpc) is 2.73. The number of anilines is 1. The first-order valence-electron chi connectivity index (χ1n) is 6.12. The minimum atomic E-state index is -0.423. The zero-order valence-corrected chi connectivity index (χ0v) is 12.1. The van der Waals surface area contributed by atoms with E-state index in [9.17, 15) is 4.79 Å². The van der Waals surface area contributed by atoms with E-state index in [0.717, 1.165) is 15.9 Å². The Morgan fingerprint density at radius 1 is 1.50 bits per heavy atom. The van der Waals surface area contributed by atoms with Crippen LogP contribution in [0.1, 0.15) is 11.3 Å². The van der Waals surface area contributed by atoms with Crippen LogP contribution in [-0.4, -0.2) is 31.3 Å². The van der Waals surface area contributed by atoms with E-state index in [4.69, 9.17) is 16.7 Å². The maximum Gasteiger partial charge on any atom is 0.287 e. The van der Waals surface area contributed by atoms with E-state index in [1.807, 2.05) is 20.2 Å². The van der Waals surface area contributed by atoms with Crippen molar-refractivity contribution in [3.63, 3.8) is 0 Å². The Morgan fingerprint density at radius 3 is 2.85 bits per heavy atom. The number of hydrogen-bond acceptors (Lipinski definition) is 5. The molecule has 0 unspecified atom stereocenters. The van der Waals surface area contributed by atoms with Gasteiger partial charge in [-0.15, -0.1) is 0 Å². The summed E-state index contributed by atoms with van der Waals surface area (Å²) in [5.74, 6) is 0. The first-order valence-corrected chi connectivity index (χ1v) is 6.50. The second-order valence-electron chi connectivity index (χ2n) is 4.39. The van der Waals surface area contributed by atoms with E-state index < -0.39 is 5.56 Å². The third-order valence-corrected chi connectivity index (χ3v) is 3.25. The van der Waals surface area contributed by atoms with Crippen molar-refractivity contribution in [2.75, 3.05) is 11.9 Å². The van der Waals surface area contributed by atoms with Crippen molar-refractivity contribution in [1.82, 2.24) is 19.6 Å². The molecule has 0 bridgehead atoms. The summed E-state index contributed by atoms with van der Waals surface area (Å²) < 4.78 is 2.86. The molecule has 0 amide bonds. The van der Waals surface area contributed by atoms with Crippen molar-refractivity contribution in [3.05, 3.63) is 39.0 Å². The lowest BCUT2D eigenvalue weighted by Crippen LogP contribution is -2.25. The molecule has 0 radical (unpaired) electrons. The van der Waals surface area contributed by atoms with Crippen molar-refractivity contribution in [2.45, 2.75) is 20.0 Å². The number of rotatable bonds is 5. The van der Waals surface area contributed by atoms with Crippen LogP contribution in [0.5, 0.6) is 0 Å². The van der Waals surface area contributed by atoms with Crippen molar-refractivity contribution in [1.29, 1.82) is 0 Å². The zero-order chi connectivity index (χ0) is 14.7. The van der Waals surface area contributed by atoms with E-state index in [1.165, 1.54) is 6.20 Å². The number of aliphatic hydroxyl groups is 1. The van der Waals surface area contributed by atoms with Gasteiger partial charge in [0.05, 0.1) is 30.7 Å². The van der Waals surface area contributed by atoms with Gasteiger partial charge in [0, 0.05) is 25.4 Å². The molecule has 2 aromatic heterocycles. The van der Waals surface area contributed by atoms with Crippen LogP contribution in [0.2, 0.25) is 5.02 Å². The molecule has 0 saturated carbocycles. The molecule has 0 spiro atoms. The Bertz CT molecular complexity index is 664. The van der Waals surface area contributed by atoms with Crippen molar-refractivity contribution < 1.29 is 5.11 Å². The van der Waals surface area contributed by atoms with Crippen molar-refractivity contribution in [2.24, 2.45) is 7.05 Å². The molecule has 0 saturated heterocycles. The summed E-state index contributed by atoms with van der Waals surface area (Å²) in [6.45, 7) is 2.38. The first kappa shape index (κ1) is 14.5. The summed E-state index contributed by atoms with van der Waals surface area (Å²) in [6, 6.07) is 0. The van der Waals surface area contributed by atoms with Crippen molar-refractivity contribution in [3.8, 4) is 0 Å². The van der Waals surface area contributed by atoms with Gasteiger partial charge in [-0.1, -0.05) is 11.6 Å². The lowest BCUT2D eigenvalue weighted by atomic mass is 10.2. The molecule has 2 heterocycles. The van der Waals surface area contributed by atoms with Crippen LogP contribution < -0.4 is 10.9 Å². The SMILES string of the molecule is Cc1nn(C)cc1CNc1cnn(CCO)c(=O)c1Cl. The first-order chi connectivity index (χ1) is 9.52. The quantitative estimate of drug-likeness (QED) is 0.841. The fourth-order valence-electron chi connectivity index (χ4n) is 1.85. The predicted molar refractivity (Wildman–Crippen MR) is 75.9 cm³/mol. The maximum absolute atomic E-state index is 11.9. The Morgan fingerprint density at radius 2 is 2.25 bits per heavy atom. The topological polar surface area (TPSA) is 85.0 Å². The predicted octanol–water partition coefficient (Wildman–Crippen LogP) is 0.543. The van der Waals surface area contributed by atoms with Crippen LogP contribution in [0.15, 0.2) is 17.2 Å². The number of nitrogens with one attached hydrogen (secondary N) is 1. The average molecular weight is 298 g/mol. The molecule has 7 nitrogen and oxygen atoms in total. The molecule has 2 rings (SSSR count). The molecule has 0 aliphatic carbocycles. The normalized spacial score (nSPS) is 10.8. The third kappa shape index (κ3) is 3.00. The summed E-state index contributed by atoms with van der Waals surface area (Å²) in [6.07, 6.45) is 3.38. The minimum absolute atomic E-state index is 0.0648. The van der Waals surface area contributed by atoms with Gasteiger partial charge in [0.2, 0.25) is 0 Å². The highest BCUT2D eigenvalue weighted by Crippen LogP contribution is 2.17. The van der Waals surface area contributed by atoms with E-state index in [2.05, 4.69) is 15.5 Å². The van der Waals surface area contributed by atoms with Crippen LogP contribution in [0.3, 0.4) is 0 Å². The molecule has 0 aliphatic rings. The van der Waals surface area contributed by atoms with Gasteiger partial charge in [0.15, 0.2) is 0 Å². The molecular weight excluding hydrogens is 282 g/mol. The monoisotopic (exact) mass is 297 g/mol. The van der Waals surface area contributed by atoms with Crippen LogP contribution in [0, 0.1) is 6.92 Å². The van der Waals surface area contributed by atoms with E-state index in [0.29, 0.717) is 12.2 Å². The molecule has 0 aliphatic heterocycles. The van der Waals surface area contributed by atoms with Crippen LogP contribution >= 0.6 is 11.6 Å². The molecule has 0 fully saturated rings. The van der Waals surface area contributed by atoms with Gasteiger partial charge in [0.25, 0.3) is 5.56 Å². The smallest absolute Gasteiger partial charge is 0.287 e. The van der Waals surface area contributed by atoms with Crippen molar-refractivity contribution >= 4 is 17.3 Å². The summed E-state index contributed by atoms with van der Waals surface area (Å²) >= 11 is 6.01. The number of halogens is 1. The Labute approximate surface area is 120 Å². The number of aliphatic hydroxyl groups excluding tert-OH is 1. The summed E-state index contributed by atoms with van der Waals surface area (Å²) in [4.78, 5) is 11.9. The highest BCUT2D eigenvalue weighted by Gasteiger charge is 2.10. The van der Waals surface area contributed by atoms with Gasteiger partial charge < -0.3 is 10.4 Å². The Hall–Kier alpha value is -1.86. The van der Waals surface area contributed by atoms with E-state index in [-0.39, 0.29) is 18.2 Å². The highest BCUT2D eigenvalue weighted by atomic mass is 35.5. The molecule has 20 heavy (non-hydrogen) atoms. The Balaban J connectivity index is 2.16. The van der Waals surface area contributed by atoms with E-state index >= 15 is 0 Å². The van der Waals surface area contributed by atoms with Gasteiger partial charge >= 0.3 is 0 Å². The fourth-order valence-corrected chi connectivity index (χ4v) is 2.07. The van der Waals surface area contributed by atoms with Crippen LogP contribution in [-0.2, 0) is 20.1 Å². The molecule has 2 aromatic rings. The zero-order valence-electron chi connectivity index (χ0n) is 11.3. The second-order valence-corrected chi connectivity index (χ2v) is 4.77. The Kier molecular flexibility index (Phi) is 4.41.